The van der Waals surface area contributed by atoms with E-state index in [1.54, 1.807) is 29.5 Å². The predicted molar refractivity (Wildman–Crippen MR) is 104 cm³/mol. The lowest BCUT2D eigenvalue weighted by molar-refractivity contribution is -0.116. The number of carbonyl (C=O) groups is 2. The Hall–Kier alpha value is -2.22. The Balaban J connectivity index is 1.63. The molecule has 0 spiro atoms. The number of thiazole rings is 1. The van der Waals surface area contributed by atoms with Crippen LogP contribution in [0.4, 0.5) is 11.4 Å². The summed E-state index contributed by atoms with van der Waals surface area (Å²) in [5.41, 5.74) is 2.87. The number of rotatable bonds is 5. The van der Waals surface area contributed by atoms with E-state index in [4.69, 9.17) is 11.6 Å². The van der Waals surface area contributed by atoms with Gasteiger partial charge in [0.25, 0.3) is 0 Å². The van der Waals surface area contributed by atoms with Crippen molar-refractivity contribution in [2.24, 2.45) is 0 Å². The maximum Gasteiger partial charge on any atom is 0.230 e. The Morgan fingerprint density at radius 1 is 1.20 bits per heavy atom. The SMILES string of the molecule is CC(=O)Nc1ccc(NC(=O)Cc2csc(-c3ccsc3)n2)cc1Cl. The summed E-state index contributed by atoms with van der Waals surface area (Å²) < 4.78 is 0. The van der Waals surface area contributed by atoms with Crippen molar-refractivity contribution < 1.29 is 9.59 Å². The number of aromatic nitrogens is 1. The van der Waals surface area contributed by atoms with Gasteiger partial charge >= 0.3 is 0 Å². The van der Waals surface area contributed by atoms with Gasteiger partial charge in [0, 0.05) is 28.9 Å². The largest absolute Gasteiger partial charge is 0.326 e. The fourth-order valence-electron chi connectivity index (χ4n) is 2.16. The summed E-state index contributed by atoms with van der Waals surface area (Å²) in [6, 6.07) is 6.94. The summed E-state index contributed by atoms with van der Waals surface area (Å²) in [5.74, 6) is -0.380. The van der Waals surface area contributed by atoms with Gasteiger partial charge in [0.15, 0.2) is 0 Å². The van der Waals surface area contributed by atoms with Crippen LogP contribution in [0.3, 0.4) is 0 Å². The van der Waals surface area contributed by atoms with Crippen LogP contribution in [0.25, 0.3) is 10.6 Å². The molecule has 3 aromatic rings. The molecule has 2 heterocycles. The summed E-state index contributed by atoms with van der Waals surface area (Å²) >= 11 is 9.24. The van der Waals surface area contributed by atoms with Crippen molar-refractivity contribution in [3.8, 4) is 10.6 Å². The van der Waals surface area contributed by atoms with E-state index in [-0.39, 0.29) is 18.2 Å². The van der Waals surface area contributed by atoms with Gasteiger partial charge in [0.1, 0.15) is 5.01 Å². The number of thiophene rings is 1. The molecular formula is C17H14ClN3O2S2. The number of halogens is 1. The van der Waals surface area contributed by atoms with Gasteiger partial charge in [-0.05, 0) is 29.6 Å². The van der Waals surface area contributed by atoms with Crippen molar-refractivity contribution in [2.45, 2.75) is 13.3 Å². The van der Waals surface area contributed by atoms with Crippen molar-refractivity contribution >= 4 is 57.5 Å². The molecule has 1 aromatic carbocycles. The van der Waals surface area contributed by atoms with Crippen LogP contribution in [-0.4, -0.2) is 16.8 Å². The van der Waals surface area contributed by atoms with E-state index in [1.165, 1.54) is 18.3 Å². The van der Waals surface area contributed by atoms with Crippen molar-refractivity contribution in [2.75, 3.05) is 10.6 Å². The smallest absolute Gasteiger partial charge is 0.230 e. The van der Waals surface area contributed by atoms with Crippen LogP contribution in [0.1, 0.15) is 12.6 Å². The van der Waals surface area contributed by atoms with E-state index in [9.17, 15) is 9.59 Å². The van der Waals surface area contributed by atoms with E-state index in [1.807, 2.05) is 22.2 Å². The van der Waals surface area contributed by atoms with Gasteiger partial charge in [-0.1, -0.05) is 11.6 Å². The van der Waals surface area contributed by atoms with Gasteiger partial charge in [-0.15, -0.1) is 11.3 Å². The van der Waals surface area contributed by atoms with E-state index in [0.29, 0.717) is 16.4 Å². The second-order valence-corrected chi connectivity index (χ2v) is 7.30. The van der Waals surface area contributed by atoms with Crippen molar-refractivity contribution in [1.29, 1.82) is 0 Å². The molecule has 2 aromatic heterocycles. The lowest BCUT2D eigenvalue weighted by Crippen LogP contribution is -2.14. The standard InChI is InChI=1S/C17H14ClN3O2S2/c1-10(22)19-15-3-2-12(6-14(15)18)20-16(23)7-13-9-25-17(21-13)11-4-5-24-8-11/h2-6,8-9H,7H2,1H3,(H,19,22)(H,20,23). The highest BCUT2D eigenvalue weighted by molar-refractivity contribution is 7.14. The van der Waals surface area contributed by atoms with Gasteiger partial charge in [0.05, 0.1) is 22.8 Å². The van der Waals surface area contributed by atoms with Crippen molar-refractivity contribution in [1.82, 2.24) is 4.98 Å². The first kappa shape index (κ1) is 17.6. The zero-order valence-corrected chi connectivity index (χ0v) is 15.6. The van der Waals surface area contributed by atoms with Crippen LogP contribution in [0.15, 0.2) is 40.4 Å². The van der Waals surface area contributed by atoms with Crippen LogP contribution in [0.5, 0.6) is 0 Å². The molecule has 5 nitrogen and oxygen atoms in total. The topological polar surface area (TPSA) is 71.1 Å². The van der Waals surface area contributed by atoms with Gasteiger partial charge in [-0.3, -0.25) is 9.59 Å². The first-order chi connectivity index (χ1) is 12.0. The molecule has 0 aliphatic heterocycles. The molecule has 0 bridgehead atoms. The second kappa shape index (κ2) is 7.77. The summed E-state index contributed by atoms with van der Waals surface area (Å²) in [6.07, 6.45) is 0.186. The number of nitrogens with zero attached hydrogens (tertiary/aromatic N) is 1. The fraction of sp³-hybridized carbons (Fsp3) is 0.118. The molecule has 0 aliphatic rings. The summed E-state index contributed by atoms with van der Waals surface area (Å²) in [6.45, 7) is 1.41. The molecule has 0 fully saturated rings. The highest BCUT2D eigenvalue weighted by Gasteiger charge is 2.11. The van der Waals surface area contributed by atoms with Gasteiger partial charge < -0.3 is 10.6 Å². The Morgan fingerprint density at radius 2 is 2.04 bits per heavy atom. The molecule has 0 saturated heterocycles. The molecular weight excluding hydrogens is 378 g/mol. The Labute approximate surface area is 157 Å². The van der Waals surface area contributed by atoms with Crippen LogP contribution in [-0.2, 0) is 16.0 Å². The Bertz CT molecular complexity index is 907. The monoisotopic (exact) mass is 391 g/mol. The number of benzene rings is 1. The third-order valence-corrected chi connectivity index (χ3v) is 5.16. The summed E-state index contributed by atoms with van der Waals surface area (Å²) in [4.78, 5) is 27.8. The Kier molecular flexibility index (Phi) is 5.47. The number of nitrogens with one attached hydrogen (secondary N) is 2. The fourth-order valence-corrected chi connectivity index (χ4v) is 3.92. The minimum atomic E-state index is -0.205. The minimum absolute atomic E-state index is 0.175. The molecule has 8 heteroatoms. The number of anilines is 2. The molecule has 0 unspecified atom stereocenters. The molecule has 3 rings (SSSR count). The van der Waals surface area contributed by atoms with E-state index >= 15 is 0 Å². The minimum Gasteiger partial charge on any atom is -0.326 e. The molecule has 0 radical (unpaired) electrons. The van der Waals surface area contributed by atoms with Gasteiger partial charge in [0.2, 0.25) is 11.8 Å². The second-order valence-electron chi connectivity index (χ2n) is 5.26. The predicted octanol–water partition coefficient (Wildman–Crippen LogP) is 4.66. The molecule has 0 atom stereocenters. The van der Waals surface area contributed by atoms with Crippen LogP contribution in [0, 0.1) is 0 Å². The van der Waals surface area contributed by atoms with Crippen LogP contribution < -0.4 is 10.6 Å². The lowest BCUT2D eigenvalue weighted by Gasteiger charge is -2.08. The number of amides is 2. The molecule has 128 valence electrons. The number of hydrogen-bond acceptors (Lipinski definition) is 5. The normalized spacial score (nSPS) is 10.5. The average molecular weight is 392 g/mol. The molecule has 0 aliphatic carbocycles. The van der Waals surface area contributed by atoms with E-state index in [0.717, 1.165) is 16.3 Å². The van der Waals surface area contributed by atoms with Gasteiger partial charge in [-0.25, -0.2) is 4.98 Å². The highest BCUT2D eigenvalue weighted by atomic mass is 35.5. The maximum atomic E-state index is 12.2. The molecule has 0 saturated carbocycles. The quantitative estimate of drug-likeness (QED) is 0.664. The van der Waals surface area contributed by atoms with Gasteiger partial charge in [-0.2, -0.15) is 11.3 Å². The molecule has 2 amide bonds. The third kappa shape index (κ3) is 4.66. The maximum absolute atomic E-state index is 12.2. The Morgan fingerprint density at radius 3 is 2.72 bits per heavy atom. The first-order valence-electron chi connectivity index (χ1n) is 7.35. The highest BCUT2D eigenvalue weighted by Crippen LogP contribution is 2.27. The summed E-state index contributed by atoms with van der Waals surface area (Å²) in [5, 5.41) is 12.6. The zero-order chi connectivity index (χ0) is 17.8. The number of carbonyl (C=O) groups excluding carboxylic acids is 2. The third-order valence-electron chi connectivity index (χ3n) is 3.23. The first-order valence-corrected chi connectivity index (χ1v) is 9.55. The van der Waals surface area contributed by atoms with Crippen LogP contribution >= 0.6 is 34.3 Å². The van der Waals surface area contributed by atoms with E-state index in [2.05, 4.69) is 15.6 Å². The van der Waals surface area contributed by atoms with Crippen molar-refractivity contribution in [3.63, 3.8) is 0 Å². The zero-order valence-electron chi connectivity index (χ0n) is 13.2. The average Bonchev–Trinajstić information content (AvgIpc) is 3.20. The molecule has 25 heavy (non-hydrogen) atoms. The van der Waals surface area contributed by atoms with Crippen molar-refractivity contribution in [3.05, 3.63) is 51.1 Å². The number of hydrogen-bond donors (Lipinski definition) is 2. The molecule has 2 N–H and O–H groups in total. The van der Waals surface area contributed by atoms with Crippen LogP contribution in [0.2, 0.25) is 5.02 Å². The summed E-state index contributed by atoms with van der Waals surface area (Å²) in [7, 11) is 0. The van der Waals surface area contributed by atoms with E-state index < -0.39 is 0 Å². The lowest BCUT2D eigenvalue weighted by atomic mass is 10.2.